The van der Waals surface area contributed by atoms with Crippen molar-refractivity contribution in [2.24, 2.45) is 0 Å². The van der Waals surface area contributed by atoms with Crippen LogP contribution in [0.25, 0.3) is 0 Å². The molecule has 0 aromatic heterocycles. The van der Waals surface area contributed by atoms with E-state index < -0.39 is 11.7 Å². The van der Waals surface area contributed by atoms with Crippen LogP contribution in [-0.4, -0.2) is 24.8 Å². The van der Waals surface area contributed by atoms with Crippen molar-refractivity contribution >= 4 is 18.1 Å². The molecule has 108 valence electrons. The molecule has 0 bridgehead atoms. The van der Waals surface area contributed by atoms with E-state index in [0.29, 0.717) is 28.9 Å². The number of hydrogen-bond donors (Lipinski definition) is 1. The predicted octanol–water partition coefficient (Wildman–Crippen LogP) is 2.88. The highest BCUT2D eigenvalue weighted by Gasteiger charge is 2.26. The molecule has 0 radical (unpaired) electrons. The average Bonchev–Trinajstić information content (AvgIpc) is 2.74. The number of carbonyl (C=O) groups excluding carboxylic acids is 2. The summed E-state index contributed by atoms with van der Waals surface area (Å²) in [6, 6.07) is 1.70. The van der Waals surface area contributed by atoms with E-state index in [-0.39, 0.29) is 12.5 Å². The molecular formula is C14H17NO5. The Labute approximate surface area is 117 Å². The predicted molar refractivity (Wildman–Crippen MR) is 72.5 cm³/mol. The van der Waals surface area contributed by atoms with E-state index in [2.05, 4.69) is 5.32 Å². The van der Waals surface area contributed by atoms with Gasteiger partial charge < -0.3 is 14.2 Å². The highest BCUT2D eigenvalue weighted by atomic mass is 16.7. The third-order valence-electron chi connectivity index (χ3n) is 2.65. The molecule has 2 rings (SSSR count). The normalized spacial score (nSPS) is 13.0. The van der Waals surface area contributed by atoms with Crippen LogP contribution in [0.2, 0.25) is 0 Å². The zero-order chi connectivity index (χ0) is 14.9. The lowest BCUT2D eigenvalue weighted by Gasteiger charge is -2.20. The maximum atomic E-state index is 11.9. The number of rotatable bonds is 2. The molecule has 1 heterocycles. The fraction of sp³-hybridized carbons (Fsp3) is 0.429. The van der Waals surface area contributed by atoms with Crippen LogP contribution in [-0.2, 0) is 4.74 Å². The largest absolute Gasteiger partial charge is 0.453 e. The molecule has 0 fully saturated rings. The fourth-order valence-corrected chi connectivity index (χ4v) is 1.87. The van der Waals surface area contributed by atoms with E-state index in [4.69, 9.17) is 14.2 Å². The third kappa shape index (κ3) is 2.84. The van der Waals surface area contributed by atoms with Gasteiger partial charge >= 0.3 is 6.09 Å². The summed E-state index contributed by atoms with van der Waals surface area (Å²) in [5.74, 6) is 0.850. The van der Waals surface area contributed by atoms with Crippen molar-refractivity contribution in [3.8, 4) is 11.5 Å². The second-order valence-corrected chi connectivity index (χ2v) is 5.46. The fourth-order valence-electron chi connectivity index (χ4n) is 1.87. The topological polar surface area (TPSA) is 73.9 Å². The monoisotopic (exact) mass is 279 g/mol. The van der Waals surface area contributed by atoms with Gasteiger partial charge in [0.2, 0.25) is 6.79 Å². The van der Waals surface area contributed by atoms with E-state index >= 15 is 0 Å². The minimum absolute atomic E-state index is 0.0556. The van der Waals surface area contributed by atoms with E-state index in [1.165, 1.54) is 0 Å². The summed E-state index contributed by atoms with van der Waals surface area (Å²) in [4.78, 5) is 23.1. The first-order valence-electron chi connectivity index (χ1n) is 6.20. The number of fused-ring (bicyclic) bond motifs is 1. The van der Waals surface area contributed by atoms with Crippen LogP contribution in [0.3, 0.4) is 0 Å². The van der Waals surface area contributed by atoms with Gasteiger partial charge in [-0.05, 0) is 39.3 Å². The van der Waals surface area contributed by atoms with Crippen molar-refractivity contribution in [1.29, 1.82) is 0 Å². The summed E-state index contributed by atoms with van der Waals surface area (Å²) in [5.41, 5.74) is 0.688. The number of carbonyl (C=O) groups is 2. The van der Waals surface area contributed by atoms with Crippen LogP contribution in [0.1, 0.15) is 36.7 Å². The second-order valence-electron chi connectivity index (χ2n) is 5.46. The van der Waals surface area contributed by atoms with Crippen LogP contribution in [0.4, 0.5) is 10.5 Å². The summed E-state index contributed by atoms with van der Waals surface area (Å²) >= 11 is 0. The van der Waals surface area contributed by atoms with Gasteiger partial charge in [0.15, 0.2) is 17.8 Å². The first-order valence-corrected chi connectivity index (χ1v) is 6.20. The quantitative estimate of drug-likeness (QED) is 0.842. The number of anilines is 1. The van der Waals surface area contributed by atoms with Crippen LogP contribution >= 0.6 is 0 Å². The second kappa shape index (κ2) is 5.03. The molecule has 0 saturated carbocycles. The Hall–Kier alpha value is -2.24. The Morgan fingerprint density at radius 3 is 2.70 bits per heavy atom. The number of nitrogens with one attached hydrogen (secondary N) is 1. The Balaban J connectivity index is 2.36. The number of aldehydes is 1. The van der Waals surface area contributed by atoms with Gasteiger partial charge in [-0.3, -0.25) is 10.1 Å². The molecule has 0 unspecified atom stereocenters. The maximum absolute atomic E-state index is 11.9. The molecule has 0 spiro atoms. The minimum atomic E-state index is -0.649. The Morgan fingerprint density at radius 2 is 2.10 bits per heavy atom. The molecular weight excluding hydrogens is 262 g/mol. The van der Waals surface area contributed by atoms with Gasteiger partial charge in [-0.1, -0.05) is 0 Å². The molecule has 6 heteroatoms. The van der Waals surface area contributed by atoms with E-state index in [1.54, 1.807) is 33.8 Å². The average molecular weight is 279 g/mol. The van der Waals surface area contributed by atoms with Crippen LogP contribution in [0.5, 0.6) is 11.5 Å². The highest BCUT2D eigenvalue weighted by molar-refractivity contribution is 5.98. The zero-order valence-corrected chi connectivity index (χ0v) is 11.9. The third-order valence-corrected chi connectivity index (χ3v) is 2.65. The van der Waals surface area contributed by atoms with Crippen molar-refractivity contribution in [2.75, 3.05) is 12.1 Å². The van der Waals surface area contributed by atoms with Crippen molar-refractivity contribution in [2.45, 2.75) is 33.3 Å². The number of amides is 1. The summed E-state index contributed by atoms with van der Waals surface area (Å²) < 4.78 is 15.8. The first-order chi connectivity index (χ1) is 9.31. The standard InChI is InChI=1S/C14H17NO5/c1-8-5-10-12(19-7-18-10)11(9(8)6-16)15-13(17)20-14(2,3)4/h5-6H,7H2,1-4H3,(H,15,17). The Kier molecular flexibility index (Phi) is 3.57. The van der Waals surface area contributed by atoms with Crippen LogP contribution < -0.4 is 14.8 Å². The highest BCUT2D eigenvalue weighted by Crippen LogP contribution is 2.42. The number of ether oxygens (including phenoxy) is 3. The Bertz CT molecular complexity index is 560. The van der Waals surface area contributed by atoms with Gasteiger partial charge in [0, 0.05) is 5.56 Å². The van der Waals surface area contributed by atoms with Gasteiger partial charge in [-0.25, -0.2) is 4.79 Å². The number of benzene rings is 1. The number of hydrogen-bond acceptors (Lipinski definition) is 5. The van der Waals surface area contributed by atoms with Crippen molar-refractivity contribution in [3.63, 3.8) is 0 Å². The summed E-state index contributed by atoms with van der Waals surface area (Å²) in [6.45, 7) is 7.08. The van der Waals surface area contributed by atoms with Crippen molar-refractivity contribution < 1.29 is 23.8 Å². The molecule has 20 heavy (non-hydrogen) atoms. The molecule has 0 saturated heterocycles. The summed E-state index contributed by atoms with van der Waals surface area (Å²) in [6.07, 6.45) is 0.0215. The molecule has 1 aromatic rings. The van der Waals surface area contributed by atoms with Gasteiger partial charge in [0.1, 0.15) is 11.3 Å². The van der Waals surface area contributed by atoms with Crippen LogP contribution in [0.15, 0.2) is 6.07 Å². The minimum Gasteiger partial charge on any atom is -0.453 e. The molecule has 1 aliphatic rings. The van der Waals surface area contributed by atoms with Gasteiger partial charge in [0.05, 0.1) is 0 Å². The summed E-state index contributed by atoms with van der Waals surface area (Å²) in [7, 11) is 0. The van der Waals surface area contributed by atoms with E-state index in [9.17, 15) is 9.59 Å². The summed E-state index contributed by atoms with van der Waals surface area (Å²) in [5, 5.41) is 2.56. The lowest BCUT2D eigenvalue weighted by molar-refractivity contribution is 0.0635. The number of aryl methyl sites for hydroxylation is 1. The molecule has 0 aliphatic carbocycles. The first kappa shape index (κ1) is 14.2. The van der Waals surface area contributed by atoms with Crippen molar-refractivity contribution in [1.82, 2.24) is 0 Å². The lowest BCUT2D eigenvalue weighted by Crippen LogP contribution is -2.27. The maximum Gasteiger partial charge on any atom is 0.412 e. The van der Waals surface area contributed by atoms with Gasteiger partial charge in [-0.15, -0.1) is 0 Å². The lowest BCUT2D eigenvalue weighted by atomic mass is 10.1. The van der Waals surface area contributed by atoms with Gasteiger partial charge in [0.25, 0.3) is 0 Å². The van der Waals surface area contributed by atoms with Gasteiger partial charge in [-0.2, -0.15) is 0 Å². The smallest absolute Gasteiger partial charge is 0.412 e. The van der Waals surface area contributed by atoms with Crippen molar-refractivity contribution in [3.05, 3.63) is 17.2 Å². The SMILES string of the molecule is Cc1cc2c(c(NC(=O)OC(C)(C)C)c1C=O)OCO2. The molecule has 1 aliphatic heterocycles. The molecule has 0 atom stereocenters. The molecule has 1 N–H and O–H groups in total. The molecule has 1 aromatic carbocycles. The van der Waals surface area contributed by atoms with E-state index in [1.807, 2.05) is 0 Å². The van der Waals surface area contributed by atoms with Crippen LogP contribution in [0, 0.1) is 6.92 Å². The molecule has 6 nitrogen and oxygen atoms in total. The van der Waals surface area contributed by atoms with E-state index in [0.717, 1.165) is 0 Å². The Morgan fingerprint density at radius 1 is 1.40 bits per heavy atom. The molecule has 1 amide bonds. The zero-order valence-electron chi connectivity index (χ0n) is 11.9.